The van der Waals surface area contributed by atoms with Crippen LogP contribution in [0.3, 0.4) is 0 Å². The van der Waals surface area contributed by atoms with E-state index in [1.807, 2.05) is 18.2 Å². The predicted octanol–water partition coefficient (Wildman–Crippen LogP) is 2.93. The Kier molecular flexibility index (Phi) is 7.16. The minimum Gasteiger partial charge on any atom is -0.491 e. The van der Waals surface area contributed by atoms with Gasteiger partial charge in [0.15, 0.2) is 9.84 Å². The minimum atomic E-state index is -3.07. The van der Waals surface area contributed by atoms with Gasteiger partial charge in [-0.05, 0) is 60.3 Å². The largest absolute Gasteiger partial charge is 0.491 e. The summed E-state index contributed by atoms with van der Waals surface area (Å²) in [7, 11) is -3.07. The summed E-state index contributed by atoms with van der Waals surface area (Å²) < 4.78 is 29.8. The van der Waals surface area contributed by atoms with E-state index in [9.17, 15) is 8.42 Å². The zero-order valence-electron chi connectivity index (χ0n) is 12.8. The molecule has 1 aromatic carbocycles. The van der Waals surface area contributed by atoms with Crippen LogP contribution in [-0.2, 0) is 16.3 Å². The molecule has 1 aromatic rings. The molecule has 1 unspecified atom stereocenters. The lowest BCUT2D eigenvalue weighted by atomic mass is 10.0. The molecular weight excluding hydrogens is 354 g/mol. The second-order valence-corrected chi connectivity index (χ2v) is 8.93. The highest BCUT2D eigenvalue weighted by atomic mass is 79.9. The van der Waals surface area contributed by atoms with E-state index in [0.717, 1.165) is 22.9 Å². The third-order valence-electron chi connectivity index (χ3n) is 3.36. The number of hydrogen-bond acceptors (Lipinski definition) is 4. The van der Waals surface area contributed by atoms with Crippen LogP contribution in [0.1, 0.15) is 32.8 Å². The number of benzene rings is 1. The normalized spacial score (nSPS) is 13.4. The molecule has 6 heteroatoms. The van der Waals surface area contributed by atoms with E-state index in [-0.39, 0.29) is 23.7 Å². The van der Waals surface area contributed by atoms with Gasteiger partial charge in [-0.2, -0.15) is 0 Å². The molecule has 21 heavy (non-hydrogen) atoms. The highest BCUT2D eigenvalue weighted by Gasteiger charge is 2.16. The Morgan fingerprint density at radius 1 is 1.33 bits per heavy atom. The monoisotopic (exact) mass is 377 g/mol. The maximum absolute atomic E-state index is 11.7. The van der Waals surface area contributed by atoms with E-state index in [2.05, 4.69) is 22.9 Å². The standard InChI is InChI=1S/C15H24BrNO3S/c1-4-13(17)9-12-5-6-15(14(16)10-12)20-7-8-21(18,19)11(2)3/h5-6,10-11,13H,4,7-9,17H2,1-3H3. The molecule has 1 atom stereocenters. The summed E-state index contributed by atoms with van der Waals surface area (Å²) in [6.45, 7) is 5.58. The molecule has 4 nitrogen and oxygen atoms in total. The number of rotatable bonds is 8. The van der Waals surface area contributed by atoms with Crippen LogP contribution in [0.5, 0.6) is 5.75 Å². The molecule has 120 valence electrons. The fraction of sp³-hybridized carbons (Fsp3) is 0.600. The van der Waals surface area contributed by atoms with Crippen molar-refractivity contribution >= 4 is 25.8 Å². The predicted molar refractivity (Wildman–Crippen MR) is 90.5 cm³/mol. The summed E-state index contributed by atoms with van der Waals surface area (Å²) in [5, 5.41) is -0.373. The molecule has 0 radical (unpaired) electrons. The molecular formula is C15H24BrNO3S. The maximum Gasteiger partial charge on any atom is 0.155 e. The summed E-state index contributed by atoms with van der Waals surface area (Å²) in [5.74, 6) is 0.683. The van der Waals surface area contributed by atoms with Gasteiger partial charge in [-0.3, -0.25) is 0 Å². The third kappa shape index (κ3) is 5.96. The lowest BCUT2D eigenvalue weighted by Gasteiger charge is -2.13. The van der Waals surface area contributed by atoms with Crippen LogP contribution in [0.2, 0.25) is 0 Å². The second-order valence-electron chi connectivity index (χ2n) is 5.40. The molecule has 0 aliphatic heterocycles. The van der Waals surface area contributed by atoms with Crippen molar-refractivity contribution in [2.75, 3.05) is 12.4 Å². The first-order valence-electron chi connectivity index (χ1n) is 7.14. The van der Waals surface area contributed by atoms with Crippen LogP contribution in [0.15, 0.2) is 22.7 Å². The smallest absolute Gasteiger partial charge is 0.155 e. The molecule has 2 N–H and O–H groups in total. The fourth-order valence-corrected chi connectivity index (χ4v) is 3.07. The molecule has 0 saturated carbocycles. The van der Waals surface area contributed by atoms with Crippen molar-refractivity contribution in [2.24, 2.45) is 5.73 Å². The molecule has 0 aliphatic carbocycles. The van der Waals surface area contributed by atoms with Crippen LogP contribution in [0.25, 0.3) is 0 Å². The average Bonchev–Trinajstić information content (AvgIpc) is 2.40. The van der Waals surface area contributed by atoms with Gasteiger partial charge in [0, 0.05) is 6.04 Å². The number of hydrogen-bond donors (Lipinski definition) is 1. The lowest BCUT2D eigenvalue weighted by molar-refractivity contribution is 0.338. The van der Waals surface area contributed by atoms with Gasteiger partial charge in [-0.15, -0.1) is 0 Å². The van der Waals surface area contributed by atoms with Crippen molar-refractivity contribution < 1.29 is 13.2 Å². The van der Waals surface area contributed by atoms with Crippen LogP contribution in [0.4, 0.5) is 0 Å². The number of halogens is 1. The first-order valence-corrected chi connectivity index (χ1v) is 9.65. The summed E-state index contributed by atoms with van der Waals surface area (Å²) >= 11 is 3.45. The summed E-state index contributed by atoms with van der Waals surface area (Å²) in [5.41, 5.74) is 7.07. The Morgan fingerprint density at radius 2 is 2.00 bits per heavy atom. The van der Waals surface area contributed by atoms with Gasteiger partial charge >= 0.3 is 0 Å². The van der Waals surface area contributed by atoms with E-state index in [1.54, 1.807) is 13.8 Å². The maximum atomic E-state index is 11.7. The van der Waals surface area contributed by atoms with E-state index in [1.165, 1.54) is 0 Å². The summed E-state index contributed by atoms with van der Waals surface area (Å²) in [4.78, 5) is 0. The van der Waals surface area contributed by atoms with Gasteiger partial charge in [-0.25, -0.2) is 8.42 Å². The van der Waals surface area contributed by atoms with Crippen LogP contribution in [-0.4, -0.2) is 32.1 Å². The van der Waals surface area contributed by atoms with E-state index in [4.69, 9.17) is 10.5 Å². The van der Waals surface area contributed by atoms with Crippen molar-refractivity contribution in [3.8, 4) is 5.75 Å². The molecule has 0 heterocycles. The van der Waals surface area contributed by atoms with E-state index >= 15 is 0 Å². The zero-order valence-corrected chi connectivity index (χ0v) is 15.2. The molecule has 0 bridgehead atoms. The molecule has 0 aromatic heterocycles. The van der Waals surface area contributed by atoms with Crippen molar-refractivity contribution in [2.45, 2.75) is 44.9 Å². The number of nitrogens with two attached hydrogens (primary N) is 1. The average molecular weight is 378 g/mol. The Balaban J connectivity index is 2.61. The Bertz CT molecular complexity index is 558. The fourth-order valence-electron chi connectivity index (χ4n) is 1.74. The van der Waals surface area contributed by atoms with Crippen LogP contribution in [0, 0.1) is 0 Å². The SMILES string of the molecule is CCC(N)Cc1ccc(OCCS(=O)(=O)C(C)C)c(Br)c1. The molecule has 0 amide bonds. The van der Waals surface area contributed by atoms with Gasteiger partial charge in [0.1, 0.15) is 12.4 Å². The Labute approximate surface area is 136 Å². The van der Waals surface area contributed by atoms with Gasteiger partial charge < -0.3 is 10.5 Å². The molecule has 0 aliphatic rings. The van der Waals surface area contributed by atoms with Gasteiger partial charge in [0.2, 0.25) is 0 Å². The van der Waals surface area contributed by atoms with Gasteiger partial charge in [0.05, 0.1) is 15.5 Å². The number of sulfone groups is 1. The molecule has 0 saturated heterocycles. The second kappa shape index (κ2) is 8.15. The first kappa shape index (κ1) is 18.5. The first-order chi connectivity index (χ1) is 9.76. The highest BCUT2D eigenvalue weighted by Crippen LogP contribution is 2.26. The van der Waals surface area contributed by atoms with Gasteiger partial charge in [0.25, 0.3) is 0 Å². The van der Waals surface area contributed by atoms with Crippen LogP contribution < -0.4 is 10.5 Å². The lowest BCUT2D eigenvalue weighted by Crippen LogP contribution is -2.22. The molecule has 1 rings (SSSR count). The minimum absolute atomic E-state index is 0.0273. The summed E-state index contributed by atoms with van der Waals surface area (Å²) in [6.07, 6.45) is 1.75. The van der Waals surface area contributed by atoms with Crippen molar-refractivity contribution in [3.05, 3.63) is 28.2 Å². The van der Waals surface area contributed by atoms with Crippen molar-refractivity contribution in [3.63, 3.8) is 0 Å². The highest BCUT2D eigenvalue weighted by molar-refractivity contribution is 9.10. The topological polar surface area (TPSA) is 69.4 Å². The van der Waals surface area contributed by atoms with E-state index in [0.29, 0.717) is 5.75 Å². The molecule has 0 fully saturated rings. The zero-order chi connectivity index (χ0) is 16.0. The quantitative estimate of drug-likeness (QED) is 0.755. The number of ether oxygens (including phenoxy) is 1. The Hall–Kier alpha value is -0.590. The summed E-state index contributed by atoms with van der Waals surface area (Å²) in [6, 6.07) is 5.94. The Morgan fingerprint density at radius 3 is 2.52 bits per heavy atom. The van der Waals surface area contributed by atoms with Gasteiger partial charge in [-0.1, -0.05) is 13.0 Å². The third-order valence-corrected chi connectivity index (χ3v) is 6.15. The van der Waals surface area contributed by atoms with Crippen LogP contribution >= 0.6 is 15.9 Å². The van der Waals surface area contributed by atoms with E-state index < -0.39 is 9.84 Å². The molecule has 0 spiro atoms. The van der Waals surface area contributed by atoms with Crippen molar-refractivity contribution in [1.29, 1.82) is 0 Å². The van der Waals surface area contributed by atoms with Crippen molar-refractivity contribution in [1.82, 2.24) is 0 Å².